The summed E-state index contributed by atoms with van der Waals surface area (Å²) in [6, 6.07) is 3.29. The molecule has 12 nitrogen and oxygen atoms in total. The lowest BCUT2D eigenvalue weighted by atomic mass is 9.53. The van der Waals surface area contributed by atoms with Gasteiger partial charge in [-0.15, -0.1) is 0 Å². The molecule has 2 unspecified atom stereocenters. The first-order chi connectivity index (χ1) is 19.6. The van der Waals surface area contributed by atoms with E-state index in [2.05, 4.69) is 36.6 Å². The van der Waals surface area contributed by atoms with Crippen LogP contribution in [0.25, 0.3) is 0 Å². The zero-order chi connectivity index (χ0) is 29.9. The number of benzene rings is 1. The largest absolute Gasteiger partial charge is 0.477 e. The van der Waals surface area contributed by atoms with E-state index in [1.54, 1.807) is 13.1 Å². The van der Waals surface area contributed by atoms with Crippen molar-refractivity contribution in [1.82, 2.24) is 20.4 Å². The highest BCUT2D eigenvalue weighted by atomic mass is 16.6. The second-order valence-electron chi connectivity index (χ2n) is 11.5. The number of ether oxygens (including phenoxy) is 2. The topological polar surface area (TPSA) is 169 Å². The maximum absolute atomic E-state index is 13.1. The van der Waals surface area contributed by atoms with Gasteiger partial charge in [0.05, 0.1) is 6.54 Å². The van der Waals surface area contributed by atoms with Gasteiger partial charge in [-0.05, 0) is 70.3 Å². The standard InChI is InChI=1S/C29H44N6O6/c1-5-29-18-9-10-21(36)26(29)41-25-22(11-8-17(24(25)29)15-20(18)34(2)3)40-28(39)35(4)14-13-32-27(38)19(7-6-12-30)33-23(37)16-31/h8,11,18-20,26H,5-7,9-10,12-16,30-31H2,1-4H3,(H,32,38)(H,33,37)/t18?,19-,20+,26?,29-/m0/s1. The molecule has 1 aromatic rings. The van der Waals surface area contributed by atoms with Crippen molar-refractivity contribution < 1.29 is 28.7 Å². The maximum atomic E-state index is 13.1. The summed E-state index contributed by atoms with van der Waals surface area (Å²) in [5.41, 5.74) is 12.6. The fourth-order valence-corrected chi connectivity index (χ4v) is 6.90. The van der Waals surface area contributed by atoms with E-state index >= 15 is 0 Å². The third kappa shape index (κ3) is 5.77. The molecule has 0 radical (unpaired) electrons. The highest BCUT2D eigenvalue weighted by Crippen LogP contribution is 2.61. The van der Waals surface area contributed by atoms with Gasteiger partial charge in [-0.1, -0.05) is 13.0 Å². The minimum atomic E-state index is -0.753. The number of rotatable bonds is 12. The lowest BCUT2D eigenvalue weighted by Crippen LogP contribution is -2.60. The van der Waals surface area contributed by atoms with Crippen LogP contribution in [0, 0.1) is 5.92 Å². The Bertz CT molecular complexity index is 1170. The Labute approximate surface area is 241 Å². The maximum Gasteiger partial charge on any atom is 0.415 e. The molecule has 2 aliphatic carbocycles. The summed E-state index contributed by atoms with van der Waals surface area (Å²) in [6.07, 6.45) is 2.65. The molecule has 3 aliphatic rings. The summed E-state index contributed by atoms with van der Waals surface area (Å²) in [7, 11) is 5.75. The van der Waals surface area contributed by atoms with E-state index in [0.717, 1.165) is 30.4 Å². The lowest BCUT2D eigenvalue weighted by Gasteiger charge is -2.52. The van der Waals surface area contributed by atoms with Crippen molar-refractivity contribution in [2.24, 2.45) is 17.4 Å². The van der Waals surface area contributed by atoms with E-state index < -0.39 is 29.6 Å². The minimum Gasteiger partial charge on any atom is -0.477 e. The number of carbonyl (C=O) groups excluding carboxylic acids is 4. The molecule has 1 aliphatic heterocycles. The fraction of sp³-hybridized carbons (Fsp3) is 0.655. The first-order valence-corrected chi connectivity index (χ1v) is 14.5. The van der Waals surface area contributed by atoms with E-state index in [-0.39, 0.29) is 37.2 Å². The molecular formula is C29H44N6O6. The molecule has 226 valence electrons. The Morgan fingerprint density at radius 1 is 1.22 bits per heavy atom. The number of carbonyl (C=O) groups is 4. The van der Waals surface area contributed by atoms with Gasteiger partial charge in [-0.2, -0.15) is 0 Å². The van der Waals surface area contributed by atoms with Crippen molar-refractivity contribution in [1.29, 1.82) is 0 Å². The van der Waals surface area contributed by atoms with Crippen LogP contribution in [0.1, 0.15) is 50.2 Å². The third-order valence-corrected chi connectivity index (χ3v) is 8.96. The highest BCUT2D eigenvalue weighted by molar-refractivity contribution is 5.89. The van der Waals surface area contributed by atoms with Gasteiger partial charge in [0.1, 0.15) is 6.04 Å². The third-order valence-electron chi connectivity index (χ3n) is 8.96. The number of nitrogens with one attached hydrogen (secondary N) is 2. The summed E-state index contributed by atoms with van der Waals surface area (Å²) < 4.78 is 12.2. The second kappa shape index (κ2) is 12.7. The number of Topliss-reactive ketones (excluding diaryl/α,β-unsaturated/α-hetero) is 1. The zero-order valence-electron chi connectivity index (χ0n) is 24.5. The van der Waals surface area contributed by atoms with Gasteiger partial charge >= 0.3 is 6.09 Å². The molecule has 6 N–H and O–H groups in total. The van der Waals surface area contributed by atoms with Crippen molar-refractivity contribution in [2.75, 3.05) is 47.3 Å². The number of likely N-dealkylation sites (N-methyl/N-ethyl adjacent to an activating group) is 2. The van der Waals surface area contributed by atoms with E-state index in [0.29, 0.717) is 43.3 Å². The van der Waals surface area contributed by atoms with Crippen LogP contribution in [0.3, 0.4) is 0 Å². The molecule has 0 aromatic heterocycles. The summed E-state index contributed by atoms with van der Waals surface area (Å²) >= 11 is 0. The van der Waals surface area contributed by atoms with E-state index in [1.807, 2.05) is 6.07 Å². The molecule has 3 amide bonds. The number of hydrogen-bond acceptors (Lipinski definition) is 9. The molecule has 1 saturated carbocycles. The molecule has 1 aromatic carbocycles. The zero-order valence-corrected chi connectivity index (χ0v) is 24.5. The van der Waals surface area contributed by atoms with Gasteiger partial charge in [0.25, 0.3) is 0 Å². The number of amides is 3. The molecule has 0 saturated heterocycles. The van der Waals surface area contributed by atoms with Gasteiger partial charge in [0.2, 0.25) is 11.8 Å². The van der Waals surface area contributed by atoms with Crippen molar-refractivity contribution >= 4 is 23.7 Å². The Morgan fingerprint density at radius 3 is 2.63 bits per heavy atom. The van der Waals surface area contributed by atoms with Crippen molar-refractivity contribution in [3.05, 3.63) is 23.3 Å². The minimum absolute atomic E-state index is 0.0993. The smallest absolute Gasteiger partial charge is 0.415 e. The normalized spacial score (nSPS) is 24.8. The number of nitrogens with two attached hydrogens (primary N) is 2. The van der Waals surface area contributed by atoms with Gasteiger partial charge in [-0.3, -0.25) is 14.4 Å². The van der Waals surface area contributed by atoms with Gasteiger partial charge in [0, 0.05) is 43.6 Å². The van der Waals surface area contributed by atoms with Crippen LogP contribution < -0.4 is 31.6 Å². The Kier molecular flexibility index (Phi) is 9.55. The van der Waals surface area contributed by atoms with E-state index in [9.17, 15) is 19.2 Å². The Balaban J connectivity index is 1.45. The number of ketones is 1. The quantitative estimate of drug-likeness (QED) is 0.275. The van der Waals surface area contributed by atoms with Crippen molar-refractivity contribution in [3.8, 4) is 11.5 Å². The lowest BCUT2D eigenvalue weighted by molar-refractivity contribution is -0.135. The van der Waals surface area contributed by atoms with Crippen molar-refractivity contribution in [2.45, 2.75) is 69.1 Å². The molecule has 41 heavy (non-hydrogen) atoms. The van der Waals surface area contributed by atoms with Crippen LogP contribution in [0.4, 0.5) is 4.79 Å². The average molecular weight is 573 g/mol. The fourth-order valence-electron chi connectivity index (χ4n) is 6.90. The van der Waals surface area contributed by atoms with Crippen LogP contribution in [-0.2, 0) is 26.2 Å². The number of nitrogens with zero attached hydrogens (tertiary/aromatic N) is 2. The van der Waals surface area contributed by atoms with E-state index in [1.165, 1.54) is 4.90 Å². The highest BCUT2D eigenvalue weighted by Gasteiger charge is 2.63. The van der Waals surface area contributed by atoms with E-state index in [4.69, 9.17) is 20.9 Å². The molecular weight excluding hydrogens is 528 g/mol. The van der Waals surface area contributed by atoms with Crippen LogP contribution >= 0.6 is 0 Å². The monoisotopic (exact) mass is 572 g/mol. The summed E-state index contributed by atoms with van der Waals surface area (Å²) in [4.78, 5) is 54.1. The number of hydrogen-bond donors (Lipinski definition) is 4. The summed E-state index contributed by atoms with van der Waals surface area (Å²) in [6.45, 7) is 2.60. The molecule has 4 rings (SSSR count). The summed E-state index contributed by atoms with van der Waals surface area (Å²) in [5.74, 6) is 0.356. The molecule has 1 heterocycles. The van der Waals surface area contributed by atoms with Gasteiger partial charge < -0.3 is 41.4 Å². The van der Waals surface area contributed by atoms with Crippen molar-refractivity contribution in [3.63, 3.8) is 0 Å². The Hall–Kier alpha value is -3.22. The molecule has 0 spiro atoms. The molecule has 12 heteroatoms. The van der Waals surface area contributed by atoms with Crippen LogP contribution in [-0.4, -0.2) is 99.0 Å². The molecule has 0 bridgehead atoms. The first-order valence-electron chi connectivity index (χ1n) is 14.5. The predicted molar refractivity (Wildman–Crippen MR) is 153 cm³/mol. The Morgan fingerprint density at radius 2 is 1.98 bits per heavy atom. The van der Waals surface area contributed by atoms with Gasteiger partial charge in [-0.25, -0.2) is 4.79 Å². The van der Waals surface area contributed by atoms with Crippen LogP contribution in [0.5, 0.6) is 11.5 Å². The molecule has 1 fully saturated rings. The average Bonchev–Trinajstić information content (AvgIpc) is 3.33. The molecule has 5 atom stereocenters. The predicted octanol–water partition coefficient (Wildman–Crippen LogP) is 0.290. The van der Waals surface area contributed by atoms with Crippen LogP contribution in [0.15, 0.2) is 12.1 Å². The second-order valence-corrected chi connectivity index (χ2v) is 11.5. The van der Waals surface area contributed by atoms with Crippen LogP contribution in [0.2, 0.25) is 0 Å². The SMILES string of the molecule is CC[C@]12c3c4ccc(OC(=O)N(C)CCNC(=O)[C@H](CCCN)NC(=O)CN)c3OC1C(=O)CCC2[C@H](N(C)C)C4. The summed E-state index contributed by atoms with van der Waals surface area (Å²) in [5, 5.41) is 5.34. The first kappa shape index (κ1) is 30.7. The van der Waals surface area contributed by atoms with Gasteiger partial charge in [0.15, 0.2) is 23.4 Å².